The molecule has 0 spiro atoms. The number of fused-ring (bicyclic) bond motifs is 1. The van der Waals surface area contributed by atoms with Crippen LogP contribution in [0.15, 0.2) is 47.4 Å². The Balaban J connectivity index is 1.78. The van der Waals surface area contributed by atoms with Crippen LogP contribution in [0.2, 0.25) is 0 Å². The molecule has 0 saturated carbocycles. The Morgan fingerprint density at radius 3 is 2.83 bits per heavy atom. The Labute approximate surface area is 138 Å². The van der Waals surface area contributed by atoms with Crippen LogP contribution in [-0.2, 0) is 21.4 Å². The van der Waals surface area contributed by atoms with E-state index in [0.717, 1.165) is 0 Å². The molecule has 0 aromatic heterocycles. The second-order valence-electron chi connectivity index (χ2n) is 5.10. The standard InChI is InChI=1S/C16H13N3O4S/c17-8-12-3-1-2-4-15(12)24(21,22)18-9-11-5-6-13-14(7-11)23-10-16(20)19-13/h1-7,18H,9-10H2,(H,19,20). The summed E-state index contributed by atoms with van der Waals surface area (Å²) in [4.78, 5) is 11.2. The summed E-state index contributed by atoms with van der Waals surface area (Å²) >= 11 is 0. The van der Waals surface area contributed by atoms with Gasteiger partial charge in [-0.15, -0.1) is 0 Å². The SMILES string of the molecule is N#Cc1ccccc1S(=O)(=O)NCc1ccc2c(c1)OCC(=O)N2. The molecule has 1 aliphatic heterocycles. The predicted octanol–water partition coefficient (Wildman–Crippen LogP) is 1.37. The van der Waals surface area contributed by atoms with Gasteiger partial charge in [0.2, 0.25) is 10.0 Å². The van der Waals surface area contributed by atoms with E-state index in [-0.39, 0.29) is 29.5 Å². The van der Waals surface area contributed by atoms with Gasteiger partial charge in [0.05, 0.1) is 16.1 Å². The molecule has 0 radical (unpaired) electrons. The van der Waals surface area contributed by atoms with Crippen molar-refractivity contribution in [1.29, 1.82) is 5.26 Å². The summed E-state index contributed by atoms with van der Waals surface area (Å²) in [7, 11) is -3.81. The highest BCUT2D eigenvalue weighted by molar-refractivity contribution is 7.89. The van der Waals surface area contributed by atoms with Crippen molar-refractivity contribution in [3.8, 4) is 11.8 Å². The van der Waals surface area contributed by atoms with Gasteiger partial charge < -0.3 is 10.1 Å². The maximum absolute atomic E-state index is 12.4. The fourth-order valence-electron chi connectivity index (χ4n) is 2.28. The normalized spacial score (nSPS) is 13.4. The smallest absolute Gasteiger partial charge is 0.262 e. The van der Waals surface area contributed by atoms with E-state index in [4.69, 9.17) is 10.00 Å². The molecule has 2 aromatic carbocycles. The Bertz CT molecular complexity index is 948. The Morgan fingerprint density at radius 2 is 2.04 bits per heavy atom. The van der Waals surface area contributed by atoms with E-state index in [1.54, 1.807) is 30.3 Å². The van der Waals surface area contributed by atoms with Crippen molar-refractivity contribution in [3.05, 3.63) is 53.6 Å². The molecule has 0 saturated heterocycles. The number of rotatable bonds is 4. The average molecular weight is 343 g/mol. The fraction of sp³-hybridized carbons (Fsp3) is 0.125. The lowest BCUT2D eigenvalue weighted by molar-refractivity contribution is -0.118. The van der Waals surface area contributed by atoms with Gasteiger partial charge in [0.15, 0.2) is 6.61 Å². The third-order valence-corrected chi connectivity index (χ3v) is 4.90. The summed E-state index contributed by atoms with van der Waals surface area (Å²) in [6.45, 7) is -0.0373. The minimum atomic E-state index is -3.81. The first kappa shape index (κ1) is 16.0. The summed E-state index contributed by atoms with van der Waals surface area (Å²) in [5, 5.41) is 11.7. The van der Waals surface area contributed by atoms with E-state index in [0.29, 0.717) is 17.0 Å². The molecular weight excluding hydrogens is 330 g/mol. The molecule has 0 atom stereocenters. The van der Waals surface area contributed by atoms with Gasteiger partial charge in [-0.05, 0) is 29.8 Å². The van der Waals surface area contributed by atoms with Crippen LogP contribution in [0.3, 0.4) is 0 Å². The molecule has 1 aliphatic rings. The zero-order valence-electron chi connectivity index (χ0n) is 12.4. The molecule has 3 rings (SSSR count). The van der Waals surface area contributed by atoms with Gasteiger partial charge >= 0.3 is 0 Å². The van der Waals surface area contributed by atoms with Gasteiger partial charge in [-0.3, -0.25) is 4.79 Å². The number of amides is 1. The lowest BCUT2D eigenvalue weighted by Crippen LogP contribution is -2.26. The van der Waals surface area contributed by atoms with Crippen LogP contribution in [0.25, 0.3) is 0 Å². The van der Waals surface area contributed by atoms with Crippen LogP contribution >= 0.6 is 0 Å². The monoisotopic (exact) mass is 343 g/mol. The third-order valence-electron chi connectivity index (χ3n) is 3.44. The summed E-state index contributed by atoms with van der Waals surface area (Å²) < 4.78 is 32.5. The number of hydrogen-bond donors (Lipinski definition) is 2. The molecule has 0 aliphatic carbocycles. The molecule has 24 heavy (non-hydrogen) atoms. The van der Waals surface area contributed by atoms with Gasteiger partial charge in [0, 0.05) is 6.54 Å². The molecule has 0 fully saturated rings. The van der Waals surface area contributed by atoms with Gasteiger partial charge in [-0.2, -0.15) is 5.26 Å². The van der Waals surface area contributed by atoms with Crippen molar-refractivity contribution in [2.24, 2.45) is 0 Å². The Kier molecular flexibility index (Phi) is 4.20. The maximum Gasteiger partial charge on any atom is 0.262 e. The molecule has 8 heteroatoms. The molecule has 7 nitrogen and oxygen atoms in total. The van der Waals surface area contributed by atoms with Gasteiger partial charge in [0.1, 0.15) is 11.8 Å². The van der Waals surface area contributed by atoms with Crippen LogP contribution in [0, 0.1) is 11.3 Å². The molecule has 0 unspecified atom stereocenters. The quantitative estimate of drug-likeness (QED) is 0.871. The number of nitrogens with one attached hydrogen (secondary N) is 2. The molecule has 1 heterocycles. The minimum Gasteiger partial charge on any atom is -0.482 e. The topological polar surface area (TPSA) is 108 Å². The van der Waals surface area contributed by atoms with E-state index < -0.39 is 10.0 Å². The number of carbonyl (C=O) groups excluding carboxylic acids is 1. The number of nitrogens with zero attached hydrogens (tertiary/aromatic N) is 1. The second kappa shape index (κ2) is 6.31. The third kappa shape index (κ3) is 3.22. The fourth-order valence-corrected chi connectivity index (χ4v) is 3.45. The van der Waals surface area contributed by atoms with Crippen LogP contribution in [-0.4, -0.2) is 20.9 Å². The van der Waals surface area contributed by atoms with Gasteiger partial charge in [-0.1, -0.05) is 18.2 Å². The van der Waals surface area contributed by atoms with Crippen LogP contribution in [0.5, 0.6) is 5.75 Å². The second-order valence-corrected chi connectivity index (χ2v) is 6.84. The number of ether oxygens (including phenoxy) is 1. The lowest BCUT2D eigenvalue weighted by atomic mass is 10.2. The van der Waals surface area contributed by atoms with Crippen molar-refractivity contribution in [1.82, 2.24) is 4.72 Å². The predicted molar refractivity (Wildman–Crippen MR) is 85.7 cm³/mol. The molecule has 0 bridgehead atoms. The van der Waals surface area contributed by atoms with E-state index in [1.807, 2.05) is 6.07 Å². The highest BCUT2D eigenvalue weighted by Gasteiger charge is 2.19. The van der Waals surface area contributed by atoms with Crippen molar-refractivity contribution >= 4 is 21.6 Å². The average Bonchev–Trinajstić information content (AvgIpc) is 2.60. The molecule has 1 amide bonds. The number of hydrogen-bond acceptors (Lipinski definition) is 5. The van der Waals surface area contributed by atoms with Crippen molar-refractivity contribution in [3.63, 3.8) is 0 Å². The van der Waals surface area contributed by atoms with E-state index in [2.05, 4.69) is 10.0 Å². The first-order valence-corrected chi connectivity index (χ1v) is 8.52. The number of anilines is 1. The number of benzene rings is 2. The summed E-state index contributed by atoms with van der Waals surface area (Å²) in [6, 6.07) is 12.9. The number of carbonyl (C=O) groups is 1. The van der Waals surface area contributed by atoms with E-state index >= 15 is 0 Å². The molecule has 122 valence electrons. The van der Waals surface area contributed by atoms with Crippen molar-refractivity contribution in [2.45, 2.75) is 11.4 Å². The Hall–Kier alpha value is -2.89. The minimum absolute atomic E-state index is 0.0344. The van der Waals surface area contributed by atoms with Crippen LogP contribution in [0.4, 0.5) is 5.69 Å². The van der Waals surface area contributed by atoms with E-state index in [1.165, 1.54) is 12.1 Å². The van der Waals surface area contributed by atoms with Crippen LogP contribution < -0.4 is 14.8 Å². The molecule has 2 N–H and O–H groups in total. The van der Waals surface area contributed by atoms with Crippen molar-refractivity contribution < 1.29 is 17.9 Å². The first-order valence-electron chi connectivity index (χ1n) is 7.04. The molecule has 2 aromatic rings. The van der Waals surface area contributed by atoms with Gasteiger partial charge in [0.25, 0.3) is 5.91 Å². The summed E-state index contributed by atoms with van der Waals surface area (Å²) in [5.41, 5.74) is 1.30. The highest BCUT2D eigenvalue weighted by Crippen LogP contribution is 2.28. The zero-order chi connectivity index (χ0) is 17.2. The number of sulfonamides is 1. The van der Waals surface area contributed by atoms with Crippen molar-refractivity contribution in [2.75, 3.05) is 11.9 Å². The number of nitriles is 1. The Morgan fingerprint density at radius 1 is 1.25 bits per heavy atom. The van der Waals surface area contributed by atoms with Crippen LogP contribution in [0.1, 0.15) is 11.1 Å². The summed E-state index contributed by atoms with van der Waals surface area (Å²) in [6.07, 6.45) is 0. The highest BCUT2D eigenvalue weighted by atomic mass is 32.2. The summed E-state index contributed by atoms with van der Waals surface area (Å²) in [5.74, 6) is 0.257. The zero-order valence-corrected chi connectivity index (χ0v) is 13.3. The molecular formula is C16H13N3O4S. The largest absolute Gasteiger partial charge is 0.482 e. The lowest BCUT2D eigenvalue weighted by Gasteiger charge is -2.18. The van der Waals surface area contributed by atoms with E-state index in [9.17, 15) is 13.2 Å². The van der Waals surface area contributed by atoms with Gasteiger partial charge in [-0.25, -0.2) is 13.1 Å². The first-order chi connectivity index (χ1) is 11.5. The maximum atomic E-state index is 12.4.